The van der Waals surface area contributed by atoms with Gasteiger partial charge in [-0.15, -0.1) is 0 Å². The minimum atomic E-state index is -0.307. The van der Waals surface area contributed by atoms with Gasteiger partial charge in [0, 0.05) is 18.3 Å². The molecule has 0 fully saturated rings. The summed E-state index contributed by atoms with van der Waals surface area (Å²) in [6.45, 7) is 4.84. The normalized spacial score (nSPS) is 12.4. The zero-order chi connectivity index (χ0) is 13.1. The maximum absolute atomic E-state index is 13.1. The average molecular weight is 268 g/mol. The van der Waals surface area contributed by atoms with Crippen molar-refractivity contribution in [3.8, 4) is 0 Å². The zero-order valence-electron chi connectivity index (χ0n) is 10.3. The summed E-state index contributed by atoms with van der Waals surface area (Å²) < 4.78 is 15.0. The van der Waals surface area contributed by atoms with Crippen LogP contribution in [0.25, 0.3) is 0 Å². The van der Waals surface area contributed by atoms with Gasteiger partial charge in [-0.3, -0.25) is 4.68 Å². The molecule has 0 bridgehead atoms. The molecule has 2 aromatic rings. The first-order chi connectivity index (χ1) is 8.60. The highest BCUT2D eigenvalue weighted by Gasteiger charge is 2.10. The minimum absolute atomic E-state index is 0.0181. The fraction of sp³-hybridized carbons (Fsp3) is 0.308. The molecule has 0 aliphatic heterocycles. The summed E-state index contributed by atoms with van der Waals surface area (Å²) >= 11 is 6.01. The molecule has 1 unspecified atom stereocenters. The molecule has 3 nitrogen and oxygen atoms in total. The highest BCUT2D eigenvalue weighted by molar-refractivity contribution is 6.33. The Morgan fingerprint density at radius 1 is 1.50 bits per heavy atom. The summed E-state index contributed by atoms with van der Waals surface area (Å²) in [5.41, 5.74) is 1.63. The number of nitrogens with one attached hydrogen (secondary N) is 1. The molecule has 1 aromatic heterocycles. The van der Waals surface area contributed by atoms with Gasteiger partial charge in [0.25, 0.3) is 0 Å². The summed E-state index contributed by atoms with van der Waals surface area (Å²) in [4.78, 5) is 0. The number of aromatic nitrogens is 2. The van der Waals surface area contributed by atoms with Crippen molar-refractivity contribution >= 4 is 17.3 Å². The number of benzene rings is 1. The van der Waals surface area contributed by atoms with Crippen molar-refractivity contribution in [2.75, 3.05) is 5.32 Å². The number of anilines is 1. The van der Waals surface area contributed by atoms with E-state index in [1.165, 1.54) is 12.1 Å². The van der Waals surface area contributed by atoms with Crippen LogP contribution < -0.4 is 5.32 Å². The van der Waals surface area contributed by atoms with E-state index < -0.39 is 0 Å². The van der Waals surface area contributed by atoms with Crippen LogP contribution in [-0.4, -0.2) is 9.78 Å². The van der Waals surface area contributed by atoms with Gasteiger partial charge in [-0.25, -0.2) is 4.39 Å². The molecule has 1 aromatic carbocycles. The fourth-order valence-electron chi connectivity index (χ4n) is 1.70. The lowest BCUT2D eigenvalue weighted by molar-refractivity contribution is 0.628. The number of hydrogen-bond donors (Lipinski definition) is 1. The number of hydrogen-bond acceptors (Lipinski definition) is 2. The average Bonchev–Trinajstić information content (AvgIpc) is 2.82. The highest BCUT2D eigenvalue weighted by Crippen LogP contribution is 2.26. The predicted octanol–water partition coefficient (Wildman–Crippen LogP) is 3.87. The second-order valence-electron chi connectivity index (χ2n) is 4.12. The molecular weight excluding hydrogens is 253 g/mol. The monoisotopic (exact) mass is 267 g/mol. The van der Waals surface area contributed by atoms with Crippen LogP contribution in [0, 0.1) is 5.82 Å². The fourth-order valence-corrected chi connectivity index (χ4v) is 1.87. The summed E-state index contributed by atoms with van der Waals surface area (Å²) in [6.07, 6.45) is 3.76. The molecular formula is C13H15ClFN3. The predicted molar refractivity (Wildman–Crippen MR) is 71.3 cm³/mol. The first-order valence-electron chi connectivity index (χ1n) is 5.84. The Morgan fingerprint density at radius 2 is 2.28 bits per heavy atom. The standard InChI is InChI=1S/C13H15ClFN3/c1-3-18-8-10(7-16-18)9(2)17-13-6-11(15)4-5-12(13)14/h4-9,17H,3H2,1-2H3. The largest absolute Gasteiger partial charge is 0.377 e. The third kappa shape index (κ3) is 2.82. The lowest BCUT2D eigenvalue weighted by atomic mass is 10.2. The first kappa shape index (κ1) is 12.9. The molecule has 0 aliphatic rings. The second-order valence-corrected chi connectivity index (χ2v) is 4.53. The minimum Gasteiger partial charge on any atom is -0.377 e. The van der Waals surface area contributed by atoms with E-state index in [9.17, 15) is 4.39 Å². The number of nitrogens with zero attached hydrogens (tertiary/aromatic N) is 2. The molecule has 0 spiro atoms. The van der Waals surface area contributed by atoms with Gasteiger partial charge in [0.2, 0.25) is 0 Å². The van der Waals surface area contributed by atoms with E-state index in [1.807, 2.05) is 24.7 Å². The Kier molecular flexibility index (Phi) is 3.87. The molecule has 0 amide bonds. The van der Waals surface area contributed by atoms with Crippen LogP contribution in [0.2, 0.25) is 5.02 Å². The molecule has 2 rings (SSSR count). The first-order valence-corrected chi connectivity index (χ1v) is 6.22. The van der Waals surface area contributed by atoms with Crippen molar-refractivity contribution in [1.29, 1.82) is 0 Å². The lowest BCUT2D eigenvalue weighted by Crippen LogP contribution is -2.06. The van der Waals surface area contributed by atoms with Crippen LogP contribution in [-0.2, 0) is 6.54 Å². The topological polar surface area (TPSA) is 29.9 Å². The molecule has 1 heterocycles. The van der Waals surface area contributed by atoms with Crippen molar-refractivity contribution < 1.29 is 4.39 Å². The Bertz CT molecular complexity index is 539. The van der Waals surface area contributed by atoms with E-state index in [1.54, 1.807) is 12.3 Å². The van der Waals surface area contributed by atoms with Gasteiger partial charge in [0.05, 0.1) is 22.9 Å². The van der Waals surface area contributed by atoms with E-state index in [2.05, 4.69) is 10.4 Å². The third-order valence-corrected chi connectivity index (χ3v) is 3.11. The molecule has 0 aliphatic carbocycles. The second kappa shape index (κ2) is 5.40. The highest BCUT2D eigenvalue weighted by atomic mass is 35.5. The van der Waals surface area contributed by atoms with E-state index in [0.29, 0.717) is 10.7 Å². The van der Waals surface area contributed by atoms with Crippen LogP contribution in [0.3, 0.4) is 0 Å². The SMILES string of the molecule is CCn1cc(C(C)Nc2cc(F)ccc2Cl)cn1. The Balaban J connectivity index is 2.15. The van der Waals surface area contributed by atoms with Crippen LogP contribution in [0.4, 0.5) is 10.1 Å². The van der Waals surface area contributed by atoms with Gasteiger partial charge in [0.1, 0.15) is 5.82 Å². The van der Waals surface area contributed by atoms with Crippen molar-refractivity contribution in [3.05, 3.63) is 47.0 Å². The third-order valence-electron chi connectivity index (χ3n) is 2.78. The smallest absolute Gasteiger partial charge is 0.125 e. The summed E-state index contributed by atoms with van der Waals surface area (Å²) in [7, 11) is 0. The van der Waals surface area contributed by atoms with E-state index in [0.717, 1.165) is 12.1 Å². The van der Waals surface area contributed by atoms with E-state index >= 15 is 0 Å². The molecule has 5 heteroatoms. The van der Waals surface area contributed by atoms with Crippen molar-refractivity contribution in [3.63, 3.8) is 0 Å². The molecule has 18 heavy (non-hydrogen) atoms. The van der Waals surface area contributed by atoms with Gasteiger partial charge in [-0.05, 0) is 32.0 Å². The Hall–Kier alpha value is -1.55. The summed E-state index contributed by atoms with van der Waals surface area (Å²) in [5.74, 6) is -0.307. The quantitative estimate of drug-likeness (QED) is 0.911. The number of rotatable bonds is 4. The number of halogens is 2. The molecule has 96 valence electrons. The van der Waals surface area contributed by atoms with Crippen LogP contribution in [0.1, 0.15) is 25.5 Å². The van der Waals surface area contributed by atoms with Gasteiger partial charge in [-0.1, -0.05) is 11.6 Å². The van der Waals surface area contributed by atoms with Gasteiger partial charge < -0.3 is 5.32 Å². The van der Waals surface area contributed by atoms with Crippen molar-refractivity contribution in [2.24, 2.45) is 0 Å². The maximum atomic E-state index is 13.1. The molecule has 0 saturated heterocycles. The maximum Gasteiger partial charge on any atom is 0.125 e. The van der Waals surface area contributed by atoms with Gasteiger partial charge >= 0.3 is 0 Å². The molecule has 1 N–H and O–H groups in total. The number of aryl methyl sites for hydroxylation is 1. The summed E-state index contributed by atoms with van der Waals surface area (Å²) in [5, 5.41) is 7.89. The molecule has 0 radical (unpaired) electrons. The van der Waals surface area contributed by atoms with Crippen LogP contribution in [0.15, 0.2) is 30.6 Å². The van der Waals surface area contributed by atoms with Crippen molar-refractivity contribution in [2.45, 2.75) is 26.4 Å². The van der Waals surface area contributed by atoms with E-state index in [-0.39, 0.29) is 11.9 Å². The van der Waals surface area contributed by atoms with Gasteiger partial charge in [-0.2, -0.15) is 5.10 Å². The Morgan fingerprint density at radius 3 is 2.94 bits per heavy atom. The van der Waals surface area contributed by atoms with Gasteiger partial charge in [0.15, 0.2) is 0 Å². The Labute approximate surface area is 111 Å². The molecule has 0 saturated carbocycles. The molecule has 1 atom stereocenters. The summed E-state index contributed by atoms with van der Waals surface area (Å²) in [6, 6.07) is 4.29. The van der Waals surface area contributed by atoms with Crippen LogP contribution >= 0.6 is 11.6 Å². The lowest BCUT2D eigenvalue weighted by Gasteiger charge is -2.14. The van der Waals surface area contributed by atoms with Crippen molar-refractivity contribution in [1.82, 2.24) is 9.78 Å². The van der Waals surface area contributed by atoms with Crippen LogP contribution in [0.5, 0.6) is 0 Å². The zero-order valence-corrected chi connectivity index (χ0v) is 11.1. The van der Waals surface area contributed by atoms with E-state index in [4.69, 9.17) is 11.6 Å².